The first-order valence-corrected chi connectivity index (χ1v) is 6.24. The van der Waals surface area contributed by atoms with Crippen molar-refractivity contribution < 1.29 is 4.79 Å². The number of amides is 1. The third kappa shape index (κ3) is 3.63. The Labute approximate surface area is 112 Å². The van der Waals surface area contributed by atoms with E-state index in [1.807, 2.05) is 30.3 Å². The summed E-state index contributed by atoms with van der Waals surface area (Å²) in [5, 5.41) is 0. The first-order chi connectivity index (χ1) is 9.31. The number of hydrogen-bond donors (Lipinski definition) is 1. The van der Waals surface area contributed by atoms with E-state index < -0.39 is 0 Å². The van der Waals surface area contributed by atoms with E-state index in [4.69, 9.17) is 5.73 Å². The largest absolute Gasteiger partial charge is 0.333 e. The zero-order valence-corrected chi connectivity index (χ0v) is 10.7. The molecule has 0 bridgehead atoms. The Kier molecular flexibility index (Phi) is 4.64. The van der Waals surface area contributed by atoms with Crippen molar-refractivity contribution in [2.75, 3.05) is 13.1 Å². The fourth-order valence-electron chi connectivity index (χ4n) is 1.88. The summed E-state index contributed by atoms with van der Waals surface area (Å²) in [6.07, 6.45) is 3.23. The van der Waals surface area contributed by atoms with Crippen LogP contribution in [0.2, 0.25) is 0 Å². The monoisotopic (exact) mass is 255 g/mol. The van der Waals surface area contributed by atoms with Crippen LogP contribution in [0.15, 0.2) is 54.9 Å². The fraction of sp³-hybridized carbons (Fsp3) is 0.200. The van der Waals surface area contributed by atoms with Crippen LogP contribution < -0.4 is 5.73 Å². The van der Waals surface area contributed by atoms with Gasteiger partial charge in [-0.15, -0.1) is 0 Å². The molecule has 0 spiro atoms. The van der Waals surface area contributed by atoms with Gasteiger partial charge in [-0.2, -0.15) is 0 Å². The Morgan fingerprint density at radius 3 is 2.58 bits per heavy atom. The summed E-state index contributed by atoms with van der Waals surface area (Å²) in [6, 6.07) is 13.4. The molecule has 1 heterocycles. The van der Waals surface area contributed by atoms with Crippen LogP contribution in [-0.2, 0) is 6.54 Å². The molecule has 98 valence electrons. The lowest BCUT2D eigenvalue weighted by Gasteiger charge is -2.22. The average Bonchev–Trinajstić information content (AvgIpc) is 2.48. The van der Waals surface area contributed by atoms with E-state index in [1.54, 1.807) is 29.4 Å². The Balaban J connectivity index is 2.14. The molecular weight excluding hydrogens is 238 g/mol. The third-order valence-corrected chi connectivity index (χ3v) is 2.81. The smallest absolute Gasteiger partial charge is 0.255 e. The second-order valence-corrected chi connectivity index (χ2v) is 4.24. The first-order valence-electron chi connectivity index (χ1n) is 6.24. The summed E-state index contributed by atoms with van der Waals surface area (Å²) < 4.78 is 0. The standard InChI is InChI=1S/C15H17N3O/c16-8-10-18(12-13-5-2-1-3-6-13)15(19)14-7-4-9-17-11-14/h1-7,9,11H,8,10,12,16H2. The van der Waals surface area contributed by atoms with Crippen molar-refractivity contribution in [3.05, 3.63) is 66.0 Å². The van der Waals surface area contributed by atoms with Gasteiger partial charge < -0.3 is 10.6 Å². The molecule has 4 heteroatoms. The molecule has 19 heavy (non-hydrogen) atoms. The molecule has 1 amide bonds. The van der Waals surface area contributed by atoms with Gasteiger partial charge in [-0.1, -0.05) is 30.3 Å². The highest BCUT2D eigenvalue weighted by Gasteiger charge is 2.15. The minimum absolute atomic E-state index is 0.0394. The number of nitrogens with zero attached hydrogens (tertiary/aromatic N) is 2. The number of aromatic nitrogens is 1. The van der Waals surface area contributed by atoms with Crippen LogP contribution in [0.5, 0.6) is 0 Å². The average molecular weight is 255 g/mol. The van der Waals surface area contributed by atoms with Gasteiger partial charge in [-0.3, -0.25) is 9.78 Å². The van der Waals surface area contributed by atoms with Crippen molar-refractivity contribution >= 4 is 5.91 Å². The van der Waals surface area contributed by atoms with E-state index in [2.05, 4.69) is 4.98 Å². The van der Waals surface area contributed by atoms with Crippen molar-refractivity contribution in [1.29, 1.82) is 0 Å². The van der Waals surface area contributed by atoms with E-state index in [0.29, 0.717) is 25.2 Å². The molecule has 0 fully saturated rings. The van der Waals surface area contributed by atoms with Gasteiger partial charge in [0.2, 0.25) is 0 Å². The van der Waals surface area contributed by atoms with E-state index in [1.165, 1.54) is 0 Å². The highest BCUT2D eigenvalue weighted by Crippen LogP contribution is 2.08. The topological polar surface area (TPSA) is 59.2 Å². The van der Waals surface area contributed by atoms with Crippen LogP contribution in [0, 0.1) is 0 Å². The summed E-state index contributed by atoms with van der Waals surface area (Å²) >= 11 is 0. The molecule has 0 unspecified atom stereocenters. The zero-order valence-electron chi connectivity index (χ0n) is 10.7. The lowest BCUT2D eigenvalue weighted by molar-refractivity contribution is 0.0748. The number of pyridine rings is 1. The summed E-state index contributed by atoms with van der Waals surface area (Å²) in [7, 11) is 0. The van der Waals surface area contributed by atoms with E-state index in [0.717, 1.165) is 5.56 Å². The maximum absolute atomic E-state index is 12.4. The quantitative estimate of drug-likeness (QED) is 0.884. The summed E-state index contributed by atoms with van der Waals surface area (Å²) in [5.41, 5.74) is 7.27. The van der Waals surface area contributed by atoms with Crippen molar-refractivity contribution in [2.45, 2.75) is 6.54 Å². The van der Waals surface area contributed by atoms with Crippen molar-refractivity contribution in [2.24, 2.45) is 5.73 Å². The van der Waals surface area contributed by atoms with Gasteiger partial charge in [0, 0.05) is 32.0 Å². The van der Waals surface area contributed by atoms with Crippen LogP contribution in [0.4, 0.5) is 0 Å². The van der Waals surface area contributed by atoms with Crippen LogP contribution in [0.1, 0.15) is 15.9 Å². The fourth-order valence-corrected chi connectivity index (χ4v) is 1.88. The number of carbonyl (C=O) groups is 1. The molecule has 0 saturated carbocycles. The third-order valence-electron chi connectivity index (χ3n) is 2.81. The predicted molar refractivity (Wildman–Crippen MR) is 74.5 cm³/mol. The number of carbonyl (C=O) groups excluding carboxylic acids is 1. The molecule has 2 rings (SSSR count). The van der Waals surface area contributed by atoms with Gasteiger partial charge in [0.1, 0.15) is 0 Å². The van der Waals surface area contributed by atoms with Gasteiger partial charge >= 0.3 is 0 Å². The molecular formula is C15H17N3O. The predicted octanol–water partition coefficient (Wildman–Crippen LogP) is 1.68. The zero-order chi connectivity index (χ0) is 13.5. The van der Waals surface area contributed by atoms with Crippen LogP contribution in [-0.4, -0.2) is 28.9 Å². The summed E-state index contributed by atoms with van der Waals surface area (Å²) in [5.74, 6) is -0.0394. The minimum Gasteiger partial charge on any atom is -0.333 e. The molecule has 0 radical (unpaired) electrons. The molecule has 0 atom stereocenters. The molecule has 1 aromatic carbocycles. The van der Waals surface area contributed by atoms with Crippen LogP contribution >= 0.6 is 0 Å². The minimum atomic E-state index is -0.0394. The summed E-state index contributed by atoms with van der Waals surface area (Å²) in [6.45, 7) is 1.53. The van der Waals surface area contributed by atoms with E-state index >= 15 is 0 Å². The van der Waals surface area contributed by atoms with Crippen molar-refractivity contribution in [1.82, 2.24) is 9.88 Å². The first kappa shape index (κ1) is 13.2. The lowest BCUT2D eigenvalue weighted by Crippen LogP contribution is -2.34. The van der Waals surface area contributed by atoms with Gasteiger partial charge in [-0.05, 0) is 17.7 Å². The maximum atomic E-state index is 12.4. The van der Waals surface area contributed by atoms with Crippen molar-refractivity contribution in [3.63, 3.8) is 0 Å². The maximum Gasteiger partial charge on any atom is 0.255 e. The molecule has 4 nitrogen and oxygen atoms in total. The van der Waals surface area contributed by atoms with Crippen LogP contribution in [0.25, 0.3) is 0 Å². The van der Waals surface area contributed by atoms with Gasteiger partial charge in [0.05, 0.1) is 5.56 Å². The number of nitrogens with two attached hydrogens (primary N) is 1. The van der Waals surface area contributed by atoms with E-state index in [-0.39, 0.29) is 5.91 Å². The Morgan fingerprint density at radius 2 is 1.95 bits per heavy atom. The second-order valence-electron chi connectivity index (χ2n) is 4.24. The molecule has 2 N–H and O–H groups in total. The number of rotatable bonds is 5. The second kappa shape index (κ2) is 6.66. The Hall–Kier alpha value is -2.20. The van der Waals surface area contributed by atoms with Crippen LogP contribution in [0.3, 0.4) is 0 Å². The van der Waals surface area contributed by atoms with Gasteiger partial charge in [0.25, 0.3) is 5.91 Å². The van der Waals surface area contributed by atoms with E-state index in [9.17, 15) is 4.79 Å². The normalized spacial score (nSPS) is 10.2. The molecule has 1 aromatic heterocycles. The molecule has 2 aromatic rings. The molecule has 0 saturated heterocycles. The van der Waals surface area contributed by atoms with Crippen molar-refractivity contribution in [3.8, 4) is 0 Å². The van der Waals surface area contributed by atoms with Gasteiger partial charge in [0.15, 0.2) is 0 Å². The van der Waals surface area contributed by atoms with Gasteiger partial charge in [-0.25, -0.2) is 0 Å². The molecule has 0 aliphatic heterocycles. The lowest BCUT2D eigenvalue weighted by atomic mass is 10.2. The highest BCUT2D eigenvalue weighted by molar-refractivity contribution is 5.93. The number of hydrogen-bond acceptors (Lipinski definition) is 3. The Bertz CT molecular complexity index is 513. The SMILES string of the molecule is NCCN(Cc1ccccc1)C(=O)c1cccnc1. The molecule has 0 aliphatic rings. The Morgan fingerprint density at radius 1 is 1.16 bits per heavy atom. The highest BCUT2D eigenvalue weighted by atomic mass is 16.2. The number of benzene rings is 1. The molecule has 0 aliphatic carbocycles. The summed E-state index contributed by atoms with van der Waals surface area (Å²) in [4.78, 5) is 18.1.